The van der Waals surface area contributed by atoms with Crippen LogP contribution in [0.25, 0.3) is 0 Å². The fraction of sp³-hybridized carbons (Fsp3) is 1.00. The van der Waals surface area contributed by atoms with E-state index in [-0.39, 0.29) is 16.9 Å². The molecule has 1 aliphatic rings. The minimum absolute atomic E-state index is 0.102. The molecule has 1 saturated heterocycles. The Hall–Kier alpha value is -0.0900. The lowest BCUT2D eigenvalue weighted by Crippen LogP contribution is -2.42. The molecule has 0 bridgehead atoms. The monoisotopic (exact) mass is 248 g/mol. The first kappa shape index (κ1) is 14.0. The van der Waals surface area contributed by atoms with E-state index in [1.807, 2.05) is 0 Å². The zero-order valence-corrected chi connectivity index (χ0v) is 11.4. The van der Waals surface area contributed by atoms with E-state index in [1.54, 1.807) is 0 Å². The van der Waals surface area contributed by atoms with Crippen molar-refractivity contribution in [3.05, 3.63) is 0 Å². The molecule has 0 aromatic heterocycles. The predicted molar refractivity (Wildman–Crippen MR) is 66.1 cm³/mol. The average molecular weight is 248 g/mol. The molecule has 0 amide bonds. The smallest absolute Gasteiger partial charge is 0.150 e. The van der Waals surface area contributed by atoms with Crippen molar-refractivity contribution >= 4 is 9.84 Å². The zero-order valence-electron chi connectivity index (χ0n) is 10.6. The van der Waals surface area contributed by atoms with Crippen molar-refractivity contribution in [2.45, 2.75) is 58.5 Å². The second-order valence-electron chi connectivity index (χ2n) is 5.97. The first-order valence-electron chi connectivity index (χ1n) is 6.11. The summed E-state index contributed by atoms with van der Waals surface area (Å²) in [7, 11) is -2.88. The Labute approximate surface area is 99.2 Å². The van der Waals surface area contributed by atoms with Crippen LogP contribution in [0.5, 0.6) is 0 Å². The number of rotatable bonds is 4. The minimum Gasteiger partial charge on any atom is -0.390 e. The summed E-state index contributed by atoms with van der Waals surface area (Å²) in [5.74, 6) is 0.289. The Bertz CT molecular complexity index is 316. The topological polar surface area (TPSA) is 54.4 Å². The third-order valence-corrected chi connectivity index (χ3v) is 5.14. The number of aliphatic hydroxyl groups is 1. The van der Waals surface area contributed by atoms with Crippen molar-refractivity contribution in [2.24, 2.45) is 5.41 Å². The Morgan fingerprint density at radius 1 is 1.25 bits per heavy atom. The number of hydrogen-bond donors (Lipinski definition) is 1. The van der Waals surface area contributed by atoms with Crippen LogP contribution in [-0.2, 0) is 9.84 Å². The molecule has 4 heteroatoms. The van der Waals surface area contributed by atoms with Gasteiger partial charge >= 0.3 is 0 Å². The van der Waals surface area contributed by atoms with Gasteiger partial charge in [-0.05, 0) is 31.1 Å². The molecular weight excluding hydrogens is 224 g/mol. The summed E-state index contributed by atoms with van der Waals surface area (Å²) in [6.07, 6.45) is 3.69. The van der Waals surface area contributed by atoms with E-state index < -0.39 is 15.4 Å². The molecule has 1 aliphatic heterocycles. The van der Waals surface area contributed by atoms with E-state index >= 15 is 0 Å². The van der Waals surface area contributed by atoms with Gasteiger partial charge in [0.25, 0.3) is 0 Å². The van der Waals surface area contributed by atoms with Gasteiger partial charge in [-0.15, -0.1) is 0 Å². The van der Waals surface area contributed by atoms with Gasteiger partial charge in [0.2, 0.25) is 0 Å². The molecule has 3 nitrogen and oxygen atoms in total. The van der Waals surface area contributed by atoms with Crippen LogP contribution in [0.3, 0.4) is 0 Å². The minimum atomic E-state index is -2.88. The Balaban J connectivity index is 2.60. The van der Waals surface area contributed by atoms with E-state index in [2.05, 4.69) is 20.8 Å². The molecule has 0 unspecified atom stereocenters. The number of sulfone groups is 1. The summed E-state index contributed by atoms with van der Waals surface area (Å²) in [4.78, 5) is 0. The quantitative estimate of drug-likeness (QED) is 0.829. The fourth-order valence-electron chi connectivity index (χ4n) is 2.75. The average Bonchev–Trinajstić information content (AvgIpc) is 2.10. The summed E-state index contributed by atoms with van der Waals surface area (Å²) in [5, 5.41) is 10.4. The van der Waals surface area contributed by atoms with Crippen molar-refractivity contribution in [1.29, 1.82) is 0 Å². The van der Waals surface area contributed by atoms with Gasteiger partial charge < -0.3 is 5.11 Å². The van der Waals surface area contributed by atoms with Gasteiger partial charge in [0.05, 0.1) is 17.1 Å². The molecule has 0 aliphatic carbocycles. The lowest BCUT2D eigenvalue weighted by atomic mass is 9.75. The summed E-state index contributed by atoms with van der Waals surface area (Å²) < 4.78 is 22.6. The normalized spacial score (nSPS) is 24.2. The largest absolute Gasteiger partial charge is 0.390 e. The molecule has 0 aromatic carbocycles. The molecule has 16 heavy (non-hydrogen) atoms. The van der Waals surface area contributed by atoms with E-state index in [0.717, 1.165) is 12.8 Å². The standard InChI is InChI=1S/C12H24O3S/c1-4-5-11(2,3)10-12(13)6-8-16(14,15)9-7-12/h13H,4-10H2,1-3H3. The lowest BCUT2D eigenvalue weighted by Gasteiger charge is -2.38. The maximum atomic E-state index is 11.3. The van der Waals surface area contributed by atoms with Gasteiger partial charge in [0.1, 0.15) is 0 Å². The molecule has 0 saturated carbocycles. The maximum absolute atomic E-state index is 11.3. The van der Waals surface area contributed by atoms with Crippen LogP contribution in [-0.4, -0.2) is 30.6 Å². The molecule has 0 radical (unpaired) electrons. The maximum Gasteiger partial charge on any atom is 0.150 e. The summed E-state index contributed by atoms with van der Waals surface area (Å²) in [5.41, 5.74) is -0.658. The molecule has 0 aromatic rings. The first-order chi connectivity index (χ1) is 7.18. The third-order valence-electron chi connectivity index (χ3n) is 3.49. The molecule has 1 fully saturated rings. The predicted octanol–water partition coefficient (Wildman–Crippen LogP) is 2.14. The van der Waals surface area contributed by atoms with Crippen LogP contribution in [0.2, 0.25) is 0 Å². The van der Waals surface area contributed by atoms with Gasteiger partial charge in [0, 0.05) is 0 Å². The highest BCUT2D eigenvalue weighted by molar-refractivity contribution is 7.91. The molecule has 1 rings (SSSR count). The lowest BCUT2D eigenvalue weighted by molar-refractivity contribution is -0.0128. The zero-order chi connectivity index (χ0) is 12.4. The number of hydrogen-bond acceptors (Lipinski definition) is 3. The fourth-order valence-corrected chi connectivity index (χ4v) is 4.34. The molecular formula is C12H24O3S. The van der Waals surface area contributed by atoms with Crippen LogP contribution in [0.15, 0.2) is 0 Å². The molecule has 1 heterocycles. The molecule has 0 spiro atoms. The Kier molecular flexibility index (Phi) is 4.06. The second-order valence-corrected chi connectivity index (χ2v) is 8.27. The summed E-state index contributed by atoms with van der Waals surface area (Å²) >= 11 is 0. The summed E-state index contributed by atoms with van der Waals surface area (Å²) in [6, 6.07) is 0. The van der Waals surface area contributed by atoms with E-state index in [9.17, 15) is 13.5 Å². The van der Waals surface area contributed by atoms with Gasteiger partial charge in [-0.3, -0.25) is 0 Å². The van der Waals surface area contributed by atoms with E-state index in [0.29, 0.717) is 19.3 Å². The highest BCUT2D eigenvalue weighted by atomic mass is 32.2. The van der Waals surface area contributed by atoms with Crippen molar-refractivity contribution in [1.82, 2.24) is 0 Å². The van der Waals surface area contributed by atoms with Crippen LogP contribution < -0.4 is 0 Å². The highest BCUT2D eigenvalue weighted by Crippen LogP contribution is 2.38. The molecule has 0 atom stereocenters. The van der Waals surface area contributed by atoms with E-state index in [1.165, 1.54) is 0 Å². The second kappa shape index (κ2) is 4.65. The van der Waals surface area contributed by atoms with Gasteiger partial charge in [-0.25, -0.2) is 8.42 Å². The van der Waals surface area contributed by atoms with Crippen LogP contribution in [0.1, 0.15) is 52.9 Å². The van der Waals surface area contributed by atoms with Crippen LogP contribution in [0.4, 0.5) is 0 Å². The van der Waals surface area contributed by atoms with Gasteiger partial charge in [0.15, 0.2) is 9.84 Å². The SMILES string of the molecule is CCCC(C)(C)CC1(O)CCS(=O)(=O)CC1. The van der Waals surface area contributed by atoms with Crippen molar-refractivity contribution in [3.63, 3.8) is 0 Å². The first-order valence-corrected chi connectivity index (χ1v) is 7.93. The summed E-state index contributed by atoms with van der Waals surface area (Å²) in [6.45, 7) is 6.44. The Morgan fingerprint density at radius 3 is 2.19 bits per heavy atom. The third kappa shape index (κ3) is 4.06. The Morgan fingerprint density at radius 2 is 1.75 bits per heavy atom. The van der Waals surface area contributed by atoms with Crippen LogP contribution in [0, 0.1) is 5.41 Å². The van der Waals surface area contributed by atoms with Crippen molar-refractivity contribution in [3.8, 4) is 0 Å². The van der Waals surface area contributed by atoms with Gasteiger partial charge in [-0.1, -0.05) is 27.2 Å². The van der Waals surface area contributed by atoms with Crippen LogP contribution >= 0.6 is 0 Å². The van der Waals surface area contributed by atoms with Gasteiger partial charge in [-0.2, -0.15) is 0 Å². The highest BCUT2D eigenvalue weighted by Gasteiger charge is 2.39. The van der Waals surface area contributed by atoms with Crippen molar-refractivity contribution in [2.75, 3.05) is 11.5 Å². The molecule has 96 valence electrons. The van der Waals surface area contributed by atoms with Crippen molar-refractivity contribution < 1.29 is 13.5 Å². The van der Waals surface area contributed by atoms with E-state index in [4.69, 9.17) is 0 Å². The molecule has 1 N–H and O–H groups in total.